The van der Waals surface area contributed by atoms with Crippen LogP contribution in [0.5, 0.6) is 0 Å². The Morgan fingerprint density at radius 3 is 2.42 bits per heavy atom. The van der Waals surface area contributed by atoms with Crippen molar-refractivity contribution >= 4 is 17.5 Å². The zero-order valence-corrected chi connectivity index (χ0v) is 12.5. The molecule has 0 aliphatic carbocycles. The maximum atomic E-state index is 11.6. The summed E-state index contributed by atoms with van der Waals surface area (Å²) < 4.78 is 0. The van der Waals surface area contributed by atoms with Crippen LogP contribution in [-0.4, -0.2) is 25.0 Å². The summed E-state index contributed by atoms with van der Waals surface area (Å²) in [5.74, 6) is 0.0739. The summed E-state index contributed by atoms with van der Waals surface area (Å²) >= 11 is 5.82. The smallest absolute Gasteiger partial charge is 0.234 e. The van der Waals surface area contributed by atoms with Crippen molar-refractivity contribution in [1.29, 1.82) is 0 Å². The number of rotatable bonds is 8. The molecule has 0 aliphatic heterocycles. The molecule has 0 aromatic heterocycles. The Bertz CT molecular complexity index is 374. The molecule has 0 radical (unpaired) electrons. The van der Waals surface area contributed by atoms with E-state index in [2.05, 4.69) is 24.5 Å². The molecule has 0 saturated heterocycles. The van der Waals surface area contributed by atoms with Crippen molar-refractivity contribution in [3.05, 3.63) is 34.9 Å². The van der Waals surface area contributed by atoms with Gasteiger partial charge in [0.25, 0.3) is 0 Å². The van der Waals surface area contributed by atoms with Crippen LogP contribution in [-0.2, 0) is 11.2 Å². The normalized spacial score (nSPS) is 10.7. The molecule has 0 atom stereocenters. The zero-order valence-electron chi connectivity index (χ0n) is 11.7. The minimum atomic E-state index is 0.0739. The molecule has 1 aromatic rings. The highest BCUT2D eigenvalue weighted by atomic mass is 35.5. The van der Waals surface area contributed by atoms with Crippen molar-refractivity contribution in [2.75, 3.05) is 13.1 Å². The number of halogens is 1. The highest BCUT2D eigenvalue weighted by Crippen LogP contribution is 2.09. The van der Waals surface area contributed by atoms with E-state index in [1.54, 1.807) is 0 Å². The molecule has 1 rings (SSSR count). The minimum Gasteiger partial charge on any atom is -0.352 e. The molecule has 19 heavy (non-hydrogen) atoms. The number of carbonyl (C=O) groups is 1. The standard InChI is InChI=1S/C15H23ClN2O/c1-3-14(4-2)18-15(19)11-17-10-9-12-5-7-13(16)8-6-12/h5-8,14,17H,3-4,9-11H2,1-2H3,(H,18,19). The van der Waals surface area contributed by atoms with Gasteiger partial charge in [-0.15, -0.1) is 0 Å². The van der Waals surface area contributed by atoms with Crippen LogP contribution in [0.25, 0.3) is 0 Å². The molecule has 2 N–H and O–H groups in total. The van der Waals surface area contributed by atoms with Crippen LogP contribution in [0.3, 0.4) is 0 Å². The van der Waals surface area contributed by atoms with E-state index in [9.17, 15) is 4.79 Å². The van der Waals surface area contributed by atoms with Crippen LogP contribution in [0.4, 0.5) is 0 Å². The number of amides is 1. The van der Waals surface area contributed by atoms with Crippen molar-refractivity contribution < 1.29 is 4.79 Å². The molecule has 3 nitrogen and oxygen atoms in total. The summed E-state index contributed by atoms with van der Waals surface area (Å²) in [7, 11) is 0. The van der Waals surface area contributed by atoms with Gasteiger partial charge in [0.15, 0.2) is 0 Å². The number of carbonyl (C=O) groups excluding carboxylic acids is 1. The van der Waals surface area contributed by atoms with E-state index < -0.39 is 0 Å². The lowest BCUT2D eigenvalue weighted by atomic mass is 10.1. The fourth-order valence-electron chi connectivity index (χ4n) is 1.86. The van der Waals surface area contributed by atoms with Gasteiger partial charge in [-0.2, -0.15) is 0 Å². The van der Waals surface area contributed by atoms with E-state index in [0.717, 1.165) is 30.8 Å². The lowest BCUT2D eigenvalue weighted by molar-refractivity contribution is -0.121. The summed E-state index contributed by atoms with van der Waals surface area (Å²) in [6.45, 7) is 5.34. The highest BCUT2D eigenvalue weighted by molar-refractivity contribution is 6.30. The zero-order chi connectivity index (χ0) is 14.1. The summed E-state index contributed by atoms with van der Waals surface area (Å²) in [6, 6.07) is 8.08. The Morgan fingerprint density at radius 2 is 1.84 bits per heavy atom. The number of nitrogens with one attached hydrogen (secondary N) is 2. The van der Waals surface area contributed by atoms with Gasteiger partial charge in [-0.1, -0.05) is 37.6 Å². The predicted octanol–water partition coefficient (Wildman–Crippen LogP) is 2.78. The van der Waals surface area contributed by atoms with Crippen LogP contribution in [0.1, 0.15) is 32.3 Å². The van der Waals surface area contributed by atoms with Gasteiger partial charge in [-0.3, -0.25) is 4.79 Å². The first kappa shape index (κ1) is 16.0. The third-order valence-corrected chi connectivity index (χ3v) is 3.39. The predicted molar refractivity (Wildman–Crippen MR) is 80.5 cm³/mol. The molecule has 0 bridgehead atoms. The van der Waals surface area contributed by atoms with Crippen molar-refractivity contribution in [3.8, 4) is 0 Å². The second-order valence-electron chi connectivity index (χ2n) is 4.63. The van der Waals surface area contributed by atoms with Gasteiger partial charge < -0.3 is 10.6 Å². The number of benzene rings is 1. The molecule has 0 aliphatic rings. The minimum absolute atomic E-state index is 0.0739. The van der Waals surface area contributed by atoms with Crippen LogP contribution in [0.15, 0.2) is 24.3 Å². The first-order valence-corrected chi connectivity index (χ1v) is 7.28. The van der Waals surface area contributed by atoms with Crippen molar-refractivity contribution in [2.24, 2.45) is 0 Å². The monoisotopic (exact) mass is 282 g/mol. The maximum Gasteiger partial charge on any atom is 0.234 e. The Morgan fingerprint density at radius 1 is 1.21 bits per heavy atom. The van der Waals surface area contributed by atoms with Crippen LogP contribution >= 0.6 is 11.6 Å². The van der Waals surface area contributed by atoms with Gasteiger partial charge in [0.2, 0.25) is 5.91 Å². The van der Waals surface area contributed by atoms with Crippen LogP contribution in [0.2, 0.25) is 5.02 Å². The average Bonchev–Trinajstić information content (AvgIpc) is 2.43. The fraction of sp³-hybridized carbons (Fsp3) is 0.533. The lowest BCUT2D eigenvalue weighted by Crippen LogP contribution is -2.40. The third-order valence-electron chi connectivity index (χ3n) is 3.14. The molecular formula is C15H23ClN2O. The first-order valence-electron chi connectivity index (χ1n) is 6.90. The van der Waals surface area contributed by atoms with E-state index >= 15 is 0 Å². The van der Waals surface area contributed by atoms with Gasteiger partial charge in [-0.05, 0) is 43.5 Å². The molecule has 0 spiro atoms. The second-order valence-corrected chi connectivity index (χ2v) is 5.07. The molecule has 4 heteroatoms. The van der Waals surface area contributed by atoms with E-state index in [0.29, 0.717) is 12.6 Å². The molecule has 0 fully saturated rings. The molecule has 1 amide bonds. The molecule has 1 aromatic carbocycles. The topological polar surface area (TPSA) is 41.1 Å². The SMILES string of the molecule is CCC(CC)NC(=O)CNCCc1ccc(Cl)cc1. The summed E-state index contributed by atoms with van der Waals surface area (Å²) in [5.41, 5.74) is 1.22. The highest BCUT2D eigenvalue weighted by Gasteiger charge is 2.07. The van der Waals surface area contributed by atoms with Gasteiger partial charge in [0.05, 0.1) is 6.54 Å². The van der Waals surface area contributed by atoms with Crippen LogP contribution < -0.4 is 10.6 Å². The molecular weight excluding hydrogens is 260 g/mol. The van der Waals surface area contributed by atoms with Gasteiger partial charge in [0, 0.05) is 11.1 Å². The summed E-state index contributed by atoms with van der Waals surface area (Å²) in [4.78, 5) is 11.6. The maximum absolute atomic E-state index is 11.6. The van der Waals surface area contributed by atoms with Gasteiger partial charge in [-0.25, -0.2) is 0 Å². The van der Waals surface area contributed by atoms with Gasteiger partial charge in [0.1, 0.15) is 0 Å². The van der Waals surface area contributed by atoms with Crippen molar-refractivity contribution in [2.45, 2.75) is 39.2 Å². The number of hydrogen-bond acceptors (Lipinski definition) is 2. The molecule has 0 unspecified atom stereocenters. The Kier molecular flexibility index (Phi) is 7.53. The van der Waals surface area contributed by atoms with E-state index in [4.69, 9.17) is 11.6 Å². The Hall–Kier alpha value is -1.06. The Balaban J connectivity index is 2.16. The van der Waals surface area contributed by atoms with Gasteiger partial charge >= 0.3 is 0 Å². The molecule has 106 valence electrons. The summed E-state index contributed by atoms with van der Waals surface area (Å²) in [5, 5.41) is 6.91. The lowest BCUT2D eigenvalue weighted by Gasteiger charge is -2.14. The largest absolute Gasteiger partial charge is 0.352 e. The van der Waals surface area contributed by atoms with Crippen LogP contribution in [0, 0.1) is 0 Å². The quantitative estimate of drug-likeness (QED) is 0.720. The summed E-state index contributed by atoms with van der Waals surface area (Å²) in [6.07, 6.45) is 2.86. The van der Waals surface area contributed by atoms with Crippen molar-refractivity contribution in [1.82, 2.24) is 10.6 Å². The fourth-order valence-corrected chi connectivity index (χ4v) is 1.98. The first-order chi connectivity index (χ1) is 9.15. The average molecular weight is 283 g/mol. The second kappa shape index (κ2) is 8.94. The van der Waals surface area contributed by atoms with E-state index in [1.807, 2.05) is 24.3 Å². The molecule has 0 heterocycles. The van der Waals surface area contributed by atoms with E-state index in [-0.39, 0.29) is 5.91 Å². The van der Waals surface area contributed by atoms with Crippen molar-refractivity contribution in [3.63, 3.8) is 0 Å². The molecule has 0 saturated carbocycles. The van der Waals surface area contributed by atoms with E-state index in [1.165, 1.54) is 5.56 Å². The Labute approximate surface area is 120 Å². The number of hydrogen-bond donors (Lipinski definition) is 2. The third kappa shape index (κ3) is 6.60.